The van der Waals surface area contributed by atoms with E-state index < -0.39 is 0 Å². The van der Waals surface area contributed by atoms with Crippen LogP contribution in [-0.2, 0) is 11.3 Å². The standard InChI is InChI=1S/C16H14N4O2/c1-12-8-14(20-11-17-10-19-20)5-6-15(12)16(21)22-9-13-4-2-3-7-18-13/h2-8,10-11H,9H2,1H3. The van der Waals surface area contributed by atoms with Crippen LogP contribution in [0.5, 0.6) is 0 Å². The highest BCUT2D eigenvalue weighted by atomic mass is 16.5. The van der Waals surface area contributed by atoms with Gasteiger partial charge in [-0.2, -0.15) is 5.10 Å². The normalized spacial score (nSPS) is 10.4. The van der Waals surface area contributed by atoms with Gasteiger partial charge < -0.3 is 4.74 Å². The molecule has 0 bridgehead atoms. The third kappa shape index (κ3) is 3.01. The van der Waals surface area contributed by atoms with Gasteiger partial charge in [0, 0.05) is 6.20 Å². The summed E-state index contributed by atoms with van der Waals surface area (Å²) in [5, 5.41) is 4.06. The lowest BCUT2D eigenvalue weighted by Crippen LogP contribution is -2.08. The van der Waals surface area contributed by atoms with E-state index >= 15 is 0 Å². The maximum Gasteiger partial charge on any atom is 0.338 e. The van der Waals surface area contributed by atoms with E-state index in [1.807, 2.05) is 31.2 Å². The fourth-order valence-electron chi connectivity index (χ4n) is 2.06. The Labute approximate surface area is 127 Å². The molecule has 0 radical (unpaired) electrons. The predicted molar refractivity (Wildman–Crippen MR) is 79.5 cm³/mol. The van der Waals surface area contributed by atoms with E-state index in [0.717, 1.165) is 11.3 Å². The van der Waals surface area contributed by atoms with Gasteiger partial charge in [-0.15, -0.1) is 0 Å². The topological polar surface area (TPSA) is 69.9 Å². The second kappa shape index (κ2) is 6.17. The van der Waals surface area contributed by atoms with E-state index in [1.165, 1.54) is 6.33 Å². The van der Waals surface area contributed by atoms with Crippen LogP contribution in [-0.4, -0.2) is 25.7 Å². The van der Waals surface area contributed by atoms with Crippen LogP contribution in [0.4, 0.5) is 0 Å². The average molecular weight is 294 g/mol. The number of rotatable bonds is 4. The number of hydrogen-bond donors (Lipinski definition) is 0. The number of nitrogens with zero attached hydrogens (tertiary/aromatic N) is 4. The Bertz CT molecular complexity index is 770. The fourth-order valence-corrected chi connectivity index (χ4v) is 2.06. The molecule has 6 heteroatoms. The van der Waals surface area contributed by atoms with Crippen LogP contribution < -0.4 is 0 Å². The first-order valence-electron chi connectivity index (χ1n) is 6.77. The lowest BCUT2D eigenvalue weighted by atomic mass is 10.1. The molecule has 6 nitrogen and oxygen atoms in total. The van der Waals surface area contributed by atoms with E-state index in [2.05, 4.69) is 15.1 Å². The zero-order valence-electron chi connectivity index (χ0n) is 12.0. The van der Waals surface area contributed by atoms with Crippen LogP contribution in [0.25, 0.3) is 5.69 Å². The van der Waals surface area contributed by atoms with Gasteiger partial charge in [-0.05, 0) is 42.8 Å². The number of aromatic nitrogens is 4. The SMILES string of the molecule is Cc1cc(-n2cncn2)ccc1C(=O)OCc1ccccn1. The molecule has 0 saturated heterocycles. The third-order valence-corrected chi connectivity index (χ3v) is 3.19. The van der Waals surface area contributed by atoms with Gasteiger partial charge in [-0.1, -0.05) is 6.07 Å². The van der Waals surface area contributed by atoms with Crippen LogP contribution in [0.2, 0.25) is 0 Å². The molecule has 0 aliphatic heterocycles. The van der Waals surface area contributed by atoms with Gasteiger partial charge in [0.2, 0.25) is 0 Å². The number of benzene rings is 1. The number of hydrogen-bond acceptors (Lipinski definition) is 5. The highest BCUT2D eigenvalue weighted by molar-refractivity contribution is 5.91. The molecule has 2 aromatic heterocycles. The maximum absolute atomic E-state index is 12.2. The van der Waals surface area contributed by atoms with Crippen LogP contribution in [0.1, 0.15) is 21.6 Å². The van der Waals surface area contributed by atoms with Gasteiger partial charge in [0.25, 0.3) is 0 Å². The first kappa shape index (κ1) is 13.9. The summed E-state index contributed by atoms with van der Waals surface area (Å²) in [6, 6.07) is 10.9. The van der Waals surface area contributed by atoms with Crippen molar-refractivity contribution in [2.75, 3.05) is 0 Å². The molecule has 22 heavy (non-hydrogen) atoms. The highest BCUT2D eigenvalue weighted by Gasteiger charge is 2.12. The predicted octanol–water partition coefficient (Wildman–Crippen LogP) is 2.33. The Morgan fingerprint density at radius 3 is 2.86 bits per heavy atom. The minimum atomic E-state index is -0.367. The zero-order valence-corrected chi connectivity index (χ0v) is 12.0. The van der Waals surface area contributed by atoms with E-state index in [4.69, 9.17) is 4.74 Å². The molecule has 0 amide bonds. The highest BCUT2D eigenvalue weighted by Crippen LogP contribution is 2.15. The molecule has 2 heterocycles. The zero-order chi connectivity index (χ0) is 15.4. The summed E-state index contributed by atoms with van der Waals surface area (Å²) < 4.78 is 6.92. The average Bonchev–Trinajstić information content (AvgIpc) is 3.08. The molecule has 0 unspecified atom stereocenters. The summed E-state index contributed by atoms with van der Waals surface area (Å²) in [5.74, 6) is -0.367. The van der Waals surface area contributed by atoms with Crippen molar-refractivity contribution in [3.63, 3.8) is 0 Å². The molecular formula is C16H14N4O2. The fraction of sp³-hybridized carbons (Fsp3) is 0.125. The molecule has 3 aromatic rings. The molecule has 0 fully saturated rings. The second-order valence-electron chi connectivity index (χ2n) is 4.74. The minimum Gasteiger partial charge on any atom is -0.456 e. The van der Waals surface area contributed by atoms with Crippen molar-refractivity contribution in [1.82, 2.24) is 19.7 Å². The molecular weight excluding hydrogens is 280 g/mol. The van der Waals surface area contributed by atoms with Crippen molar-refractivity contribution < 1.29 is 9.53 Å². The molecule has 0 aliphatic carbocycles. The van der Waals surface area contributed by atoms with Gasteiger partial charge in [0.15, 0.2) is 0 Å². The Morgan fingerprint density at radius 2 is 2.18 bits per heavy atom. The van der Waals surface area contributed by atoms with Crippen LogP contribution in [0, 0.1) is 6.92 Å². The largest absolute Gasteiger partial charge is 0.456 e. The quantitative estimate of drug-likeness (QED) is 0.691. The molecule has 3 rings (SSSR count). The molecule has 1 aromatic carbocycles. The van der Waals surface area contributed by atoms with Gasteiger partial charge >= 0.3 is 5.97 Å². The Balaban J connectivity index is 1.73. The van der Waals surface area contributed by atoms with Gasteiger partial charge in [-0.3, -0.25) is 4.98 Å². The summed E-state index contributed by atoms with van der Waals surface area (Å²) in [6.07, 6.45) is 4.74. The lowest BCUT2D eigenvalue weighted by molar-refractivity contribution is 0.0467. The number of pyridine rings is 1. The summed E-state index contributed by atoms with van der Waals surface area (Å²) >= 11 is 0. The van der Waals surface area contributed by atoms with Gasteiger partial charge in [-0.25, -0.2) is 14.5 Å². The van der Waals surface area contributed by atoms with E-state index in [1.54, 1.807) is 29.3 Å². The molecule has 0 N–H and O–H groups in total. The maximum atomic E-state index is 12.2. The molecule has 0 aliphatic rings. The van der Waals surface area contributed by atoms with E-state index in [9.17, 15) is 4.79 Å². The van der Waals surface area contributed by atoms with Crippen LogP contribution >= 0.6 is 0 Å². The van der Waals surface area contributed by atoms with Crippen LogP contribution in [0.15, 0.2) is 55.2 Å². The summed E-state index contributed by atoms with van der Waals surface area (Å²) in [6.45, 7) is 2.02. The Morgan fingerprint density at radius 1 is 1.27 bits per heavy atom. The second-order valence-corrected chi connectivity index (χ2v) is 4.74. The van der Waals surface area contributed by atoms with Crippen molar-refractivity contribution in [2.45, 2.75) is 13.5 Å². The smallest absolute Gasteiger partial charge is 0.338 e. The number of carbonyl (C=O) groups excluding carboxylic acids is 1. The molecule has 110 valence electrons. The van der Waals surface area contributed by atoms with Gasteiger partial charge in [0.1, 0.15) is 19.3 Å². The minimum absolute atomic E-state index is 0.157. The van der Waals surface area contributed by atoms with E-state index in [-0.39, 0.29) is 12.6 Å². The molecule has 0 atom stereocenters. The Kier molecular flexibility index (Phi) is 3.91. The summed E-state index contributed by atoms with van der Waals surface area (Å²) in [7, 11) is 0. The summed E-state index contributed by atoms with van der Waals surface area (Å²) in [4.78, 5) is 20.2. The Hall–Kier alpha value is -3.02. The number of esters is 1. The monoisotopic (exact) mass is 294 g/mol. The van der Waals surface area contributed by atoms with Crippen LogP contribution in [0.3, 0.4) is 0 Å². The first-order valence-corrected chi connectivity index (χ1v) is 6.77. The van der Waals surface area contributed by atoms with Crippen molar-refractivity contribution >= 4 is 5.97 Å². The van der Waals surface area contributed by atoms with Crippen molar-refractivity contribution in [3.8, 4) is 5.69 Å². The lowest BCUT2D eigenvalue weighted by Gasteiger charge is -2.08. The van der Waals surface area contributed by atoms with Crippen molar-refractivity contribution in [2.24, 2.45) is 0 Å². The molecule has 0 spiro atoms. The van der Waals surface area contributed by atoms with Gasteiger partial charge in [0.05, 0.1) is 16.9 Å². The summed E-state index contributed by atoms with van der Waals surface area (Å²) in [5.41, 5.74) is 2.91. The number of aryl methyl sites for hydroxylation is 1. The van der Waals surface area contributed by atoms with Crippen molar-refractivity contribution in [3.05, 3.63) is 72.1 Å². The first-order chi connectivity index (χ1) is 10.7. The third-order valence-electron chi connectivity index (χ3n) is 3.19. The number of ether oxygens (including phenoxy) is 1. The van der Waals surface area contributed by atoms with Crippen molar-refractivity contribution in [1.29, 1.82) is 0 Å². The van der Waals surface area contributed by atoms with E-state index in [0.29, 0.717) is 11.3 Å². The molecule has 0 saturated carbocycles. The number of carbonyl (C=O) groups is 1.